The van der Waals surface area contributed by atoms with Crippen LogP contribution in [0, 0.1) is 0 Å². The van der Waals surface area contributed by atoms with Gasteiger partial charge in [-0.15, -0.1) is 11.3 Å². The smallest absolute Gasteiger partial charge is 0.435 e. The van der Waals surface area contributed by atoms with Gasteiger partial charge in [0.25, 0.3) is 5.91 Å². The highest BCUT2D eigenvalue weighted by molar-refractivity contribution is 7.10. The van der Waals surface area contributed by atoms with Gasteiger partial charge in [0.05, 0.1) is 24.9 Å². The highest BCUT2D eigenvalue weighted by Gasteiger charge is 2.36. The van der Waals surface area contributed by atoms with E-state index >= 15 is 0 Å². The van der Waals surface area contributed by atoms with E-state index in [9.17, 15) is 32.3 Å². The van der Waals surface area contributed by atoms with Crippen molar-refractivity contribution in [2.24, 2.45) is 0 Å². The lowest BCUT2D eigenvalue weighted by Crippen LogP contribution is -2.46. The molecule has 0 saturated carbocycles. The summed E-state index contributed by atoms with van der Waals surface area (Å²) >= 11 is 1.12. The van der Waals surface area contributed by atoms with E-state index in [4.69, 9.17) is 9.47 Å². The summed E-state index contributed by atoms with van der Waals surface area (Å²) in [6.45, 7) is 6.36. The first-order valence-electron chi connectivity index (χ1n) is 12.6. The summed E-state index contributed by atoms with van der Waals surface area (Å²) in [6.07, 6.45) is -5.58. The van der Waals surface area contributed by atoms with Crippen LogP contribution in [0.4, 0.5) is 18.0 Å². The molecular weight excluding hydrogens is 579 g/mol. The molecule has 0 fully saturated rings. The standard InChI is InChI=1S/C27H30F3N5O6S/c1-15(33-25(39)41-26(2,3)4)22(36)32-13-18-10-17(14-42-18)35-20(11-21(34-35)27(28,29)30)23(37)31-12-16-8-6-7-9-19(16)24(38)40-5/h6-11,14-15H,12-13H2,1-5H3,(H,31,37)(H,32,36)(H,33,39). The molecule has 2 heterocycles. The van der Waals surface area contributed by atoms with Crippen molar-refractivity contribution in [2.45, 2.75) is 58.6 Å². The van der Waals surface area contributed by atoms with Gasteiger partial charge in [0.2, 0.25) is 5.91 Å². The molecular formula is C27H30F3N5O6S. The molecule has 0 aliphatic carbocycles. The van der Waals surface area contributed by atoms with Gasteiger partial charge in [-0.25, -0.2) is 14.3 Å². The molecule has 3 amide bonds. The average molecular weight is 610 g/mol. The minimum Gasteiger partial charge on any atom is -0.465 e. The maximum atomic E-state index is 13.5. The summed E-state index contributed by atoms with van der Waals surface area (Å²) < 4.78 is 51.3. The third-order valence-corrected chi connectivity index (χ3v) is 6.47. The average Bonchev–Trinajstić information content (AvgIpc) is 3.56. The maximum Gasteiger partial charge on any atom is 0.435 e. The molecule has 0 radical (unpaired) electrons. The Morgan fingerprint density at radius 3 is 2.38 bits per heavy atom. The minimum atomic E-state index is -4.82. The largest absolute Gasteiger partial charge is 0.465 e. The monoisotopic (exact) mass is 609 g/mol. The molecule has 0 aliphatic rings. The molecule has 0 bridgehead atoms. The predicted molar refractivity (Wildman–Crippen MR) is 146 cm³/mol. The van der Waals surface area contributed by atoms with E-state index in [1.54, 1.807) is 39.0 Å². The SMILES string of the molecule is COC(=O)c1ccccc1CNC(=O)c1cc(C(F)(F)F)nn1-c1csc(CNC(=O)C(C)NC(=O)OC(C)(C)C)c1. The fourth-order valence-corrected chi connectivity index (χ4v) is 4.36. The van der Waals surface area contributed by atoms with Crippen LogP contribution in [-0.2, 0) is 33.5 Å². The van der Waals surface area contributed by atoms with Gasteiger partial charge in [-0.3, -0.25) is 9.59 Å². The second-order valence-electron chi connectivity index (χ2n) is 10.0. The molecule has 1 atom stereocenters. The Kier molecular flexibility index (Phi) is 9.99. The molecule has 0 spiro atoms. The summed E-state index contributed by atoms with van der Waals surface area (Å²) in [5.41, 5.74) is -1.63. The number of alkyl carbamates (subject to hydrolysis) is 1. The number of ether oxygens (including phenoxy) is 2. The second kappa shape index (κ2) is 13.1. The van der Waals surface area contributed by atoms with Crippen molar-refractivity contribution in [3.05, 3.63) is 69.2 Å². The fourth-order valence-electron chi connectivity index (χ4n) is 3.58. The molecule has 1 aromatic carbocycles. The number of rotatable bonds is 9. The molecule has 3 rings (SSSR count). The normalized spacial score (nSPS) is 12.3. The summed E-state index contributed by atoms with van der Waals surface area (Å²) in [4.78, 5) is 49.9. The Labute approximate surface area is 243 Å². The first kappa shape index (κ1) is 32.1. The van der Waals surface area contributed by atoms with E-state index in [0.29, 0.717) is 16.5 Å². The molecule has 3 N–H and O–H groups in total. The van der Waals surface area contributed by atoms with Crippen LogP contribution < -0.4 is 16.0 Å². The first-order valence-corrected chi connectivity index (χ1v) is 13.4. The Morgan fingerprint density at radius 2 is 1.74 bits per heavy atom. The number of nitrogens with one attached hydrogen (secondary N) is 3. The highest BCUT2D eigenvalue weighted by Crippen LogP contribution is 2.30. The topological polar surface area (TPSA) is 141 Å². The Bertz CT molecular complexity index is 1460. The summed E-state index contributed by atoms with van der Waals surface area (Å²) in [7, 11) is 1.21. The number of methoxy groups -OCH3 is 1. The zero-order valence-corrected chi connectivity index (χ0v) is 24.2. The van der Waals surface area contributed by atoms with Crippen LogP contribution in [-0.4, -0.2) is 52.4 Å². The molecule has 226 valence electrons. The summed E-state index contributed by atoms with van der Waals surface area (Å²) in [5.74, 6) is -2.00. The van der Waals surface area contributed by atoms with Crippen molar-refractivity contribution in [3.63, 3.8) is 0 Å². The molecule has 42 heavy (non-hydrogen) atoms. The van der Waals surface area contributed by atoms with Crippen molar-refractivity contribution in [1.82, 2.24) is 25.7 Å². The number of benzene rings is 1. The van der Waals surface area contributed by atoms with Gasteiger partial charge >= 0.3 is 18.2 Å². The van der Waals surface area contributed by atoms with E-state index in [-0.39, 0.29) is 30.0 Å². The van der Waals surface area contributed by atoms with E-state index in [0.717, 1.165) is 16.0 Å². The Balaban J connectivity index is 1.74. The number of hydrogen-bond donors (Lipinski definition) is 3. The molecule has 2 aromatic heterocycles. The number of alkyl halides is 3. The van der Waals surface area contributed by atoms with Crippen LogP contribution in [0.2, 0.25) is 0 Å². The zero-order chi connectivity index (χ0) is 31.2. The van der Waals surface area contributed by atoms with Crippen molar-refractivity contribution in [1.29, 1.82) is 0 Å². The van der Waals surface area contributed by atoms with E-state index in [2.05, 4.69) is 21.0 Å². The van der Waals surface area contributed by atoms with Crippen LogP contribution in [0.25, 0.3) is 5.69 Å². The van der Waals surface area contributed by atoms with Gasteiger partial charge in [0.1, 0.15) is 17.3 Å². The fraction of sp³-hybridized carbons (Fsp3) is 0.370. The number of amides is 3. The van der Waals surface area contributed by atoms with Gasteiger partial charge in [-0.2, -0.15) is 18.3 Å². The van der Waals surface area contributed by atoms with Crippen LogP contribution in [0.1, 0.15) is 64.7 Å². The first-order chi connectivity index (χ1) is 19.6. The molecule has 1 unspecified atom stereocenters. The van der Waals surface area contributed by atoms with Gasteiger partial charge in [-0.05, 0) is 45.4 Å². The molecule has 0 saturated heterocycles. The van der Waals surface area contributed by atoms with Crippen LogP contribution in [0.15, 0.2) is 41.8 Å². The van der Waals surface area contributed by atoms with Crippen LogP contribution >= 0.6 is 11.3 Å². The van der Waals surface area contributed by atoms with Crippen molar-refractivity contribution < 1.29 is 41.8 Å². The third kappa shape index (κ3) is 8.55. The van der Waals surface area contributed by atoms with E-state index in [1.165, 1.54) is 31.5 Å². The van der Waals surface area contributed by atoms with Crippen molar-refractivity contribution >= 4 is 35.2 Å². The minimum absolute atomic E-state index is 0.00305. The molecule has 0 aliphatic heterocycles. The second-order valence-corrected chi connectivity index (χ2v) is 11.0. The third-order valence-electron chi connectivity index (χ3n) is 5.54. The Hall–Kier alpha value is -4.40. The lowest BCUT2D eigenvalue weighted by Gasteiger charge is -2.21. The molecule has 3 aromatic rings. The highest BCUT2D eigenvalue weighted by atomic mass is 32.1. The number of aromatic nitrogens is 2. The zero-order valence-electron chi connectivity index (χ0n) is 23.4. The summed E-state index contributed by atoms with van der Waals surface area (Å²) in [6, 6.07) is 7.52. The van der Waals surface area contributed by atoms with Crippen molar-refractivity contribution in [2.75, 3.05) is 7.11 Å². The van der Waals surface area contributed by atoms with Gasteiger partial charge in [0.15, 0.2) is 5.69 Å². The van der Waals surface area contributed by atoms with E-state index in [1.807, 2.05) is 0 Å². The van der Waals surface area contributed by atoms with Crippen molar-refractivity contribution in [3.8, 4) is 5.69 Å². The lowest BCUT2D eigenvalue weighted by atomic mass is 10.1. The number of hydrogen-bond acceptors (Lipinski definition) is 8. The van der Waals surface area contributed by atoms with Gasteiger partial charge in [0, 0.05) is 22.9 Å². The van der Waals surface area contributed by atoms with Gasteiger partial charge < -0.3 is 25.4 Å². The summed E-state index contributed by atoms with van der Waals surface area (Å²) in [5, 5.41) is 12.7. The van der Waals surface area contributed by atoms with Crippen LogP contribution in [0.3, 0.4) is 0 Å². The number of nitrogens with zero attached hydrogens (tertiary/aromatic N) is 2. The van der Waals surface area contributed by atoms with Crippen LogP contribution in [0.5, 0.6) is 0 Å². The maximum absolute atomic E-state index is 13.5. The lowest BCUT2D eigenvalue weighted by molar-refractivity contribution is -0.141. The molecule has 11 nitrogen and oxygen atoms in total. The van der Waals surface area contributed by atoms with E-state index < -0.39 is 47.4 Å². The molecule has 15 heteroatoms. The Morgan fingerprint density at radius 1 is 1.05 bits per heavy atom. The van der Waals surface area contributed by atoms with Gasteiger partial charge in [-0.1, -0.05) is 18.2 Å². The number of carbonyl (C=O) groups excluding carboxylic acids is 4. The number of thiophene rings is 1. The predicted octanol–water partition coefficient (Wildman–Crippen LogP) is 4.20. The number of carbonyl (C=O) groups is 4. The quantitative estimate of drug-likeness (QED) is 0.309. The number of esters is 1. The number of halogens is 3.